The van der Waals surface area contributed by atoms with Crippen LogP contribution < -0.4 is 10.5 Å². The molecule has 2 N–H and O–H groups in total. The lowest BCUT2D eigenvalue weighted by Crippen LogP contribution is -1.95. The molecule has 0 unspecified atom stereocenters. The fourth-order valence-electron chi connectivity index (χ4n) is 1.87. The van der Waals surface area contributed by atoms with Crippen molar-refractivity contribution in [1.82, 2.24) is 9.78 Å². The Hall–Kier alpha value is -1.49. The summed E-state index contributed by atoms with van der Waals surface area (Å²) >= 11 is 3.47. The normalized spacial score (nSPS) is 10.6. The van der Waals surface area contributed by atoms with Crippen molar-refractivity contribution in [2.75, 3.05) is 12.8 Å². The van der Waals surface area contributed by atoms with Gasteiger partial charge in [0.15, 0.2) is 0 Å². The second-order valence-corrected chi connectivity index (χ2v) is 4.69. The minimum atomic E-state index is 0.564. The molecule has 0 fully saturated rings. The smallest absolute Gasteiger partial charge is 0.148 e. The highest BCUT2D eigenvalue weighted by Crippen LogP contribution is 2.32. The van der Waals surface area contributed by atoms with Gasteiger partial charge in [-0.15, -0.1) is 0 Å². The second kappa shape index (κ2) is 4.41. The van der Waals surface area contributed by atoms with Gasteiger partial charge in [0.2, 0.25) is 0 Å². The number of anilines is 1. The zero-order chi connectivity index (χ0) is 12.6. The lowest BCUT2D eigenvalue weighted by molar-refractivity contribution is 0.412. The molecule has 0 aliphatic heterocycles. The Morgan fingerprint density at radius 1 is 1.41 bits per heavy atom. The zero-order valence-corrected chi connectivity index (χ0v) is 11.6. The summed E-state index contributed by atoms with van der Waals surface area (Å²) in [5.74, 6) is 1.37. The number of nitrogen functional groups attached to an aromatic ring is 1. The lowest BCUT2D eigenvalue weighted by atomic mass is 10.1. The number of nitrogens with zero attached hydrogens (tertiary/aromatic N) is 2. The van der Waals surface area contributed by atoms with Crippen molar-refractivity contribution < 1.29 is 4.74 Å². The van der Waals surface area contributed by atoms with Crippen LogP contribution in [0.25, 0.3) is 11.3 Å². The zero-order valence-electron chi connectivity index (χ0n) is 9.99. The van der Waals surface area contributed by atoms with Gasteiger partial charge < -0.3 is 10.5 Å². The molecule has 0 atom stereocenters. The topological polar surface area (TPSA) is 53.1 Å². The number of methoxy groups -OCH3 is 1. The van der Waals surface area contributed by atoms with E-state index in [4.69, 9.17) is 10.5 Å². The largest absolute Gasteiger partial charge is 0.496 e. The predicted molar refractivity (Wildman–Crippen MR) is 72.0 cm³/mol. The van der Waals surface area contributed by atoms with Crippen molar-refractivity contribution in [1.29, 1.82) is 0 Å². The molecule has 0 bridgehead atoms. The van der Waals surface area contributed by atoms with Crippen LogP contribution in [-0.4, -0.2) is 16.9 Å². The van der Waals surface area contributed by atoms with E-state index in [0.717, 1.165) is 27.0 Å². The van der Waals surface area contributed by atoms with E-state index in [1.807, 2.05) is 32.2 Å². The minimum absolute atomic E-state index is 0.564. The maximum absolute atomic E-state index is 5.80. The minimum Gasteiger partial charge on any atom is -0.496 e. The first kappa shape index (κ1) is 12.0. The van der Waals surface area contributed by atoms with Crippen LogP contribution in [0.1, 0.15) is 5.56 Å². The molecule has 2 aromatic rings. The van der Waals surface area contributed by atoms with Gasteiger partial charge in [0, 0.05) is 18.2 Å². The van der Waals surface area contributed by atoms with Gasteiger partial charge in [0.1, 0.15) is 11.6 Å². The number of halogens is 1. The summed E-state index contributed by atoms with van der Waals surface area (Å²) in [6, 6.07) is 5.91. The maximum atomic E-state index is 5.80. The van der Waals surface area contributed by atoms with Crippen molar-refractivity contribution in [2.45, 2.75) is 6.92 Å². The van der Waals surface area contributed by atoms with Gasteiger partial charge in [-0.2, -0.15) is 5.10 Å². The van der Waals surface area contributed by atoms with Crippen molar-refractivity contribution >= 4 is 21.7 Å². The van der Waals surface area contributed by atoms with Gasteiger partial charge in [-0.25, -0.2) is 0 Å². The summed E-state index contributed by atoms with van der Waals surface area (Å²) < 4.78 is 7.91. The molecule has 0 spiro atoms. The third-order valence-electron chi connectivity index (χ3n) is 2.75. The molecule has 0 aliphatic rings. The van der Waals surface area contributed by atoms with Crippen LogP contribution in [0.15, 0.2) is 22.7 Å². The number of aryl methyl sites for hydroxylation is 1. The van der Waals surface area contributed by atoms with Gasteiger partial charge in [-0.05, 0) is 41.1 Å². The summed E-state index contributed by atoms with van der Waals surface area (Å²) in [5, 5.41) is 4.21. The molecule has 0 radical (unpaired) electrons. The Balaban J connectivity index is 2.57. The quantitative estimate of drug-likeness (QED) is 0.927. The number of hydrogen-bond donors (Lipinski definition) is 1. The number of ether oxygens (including phenoxy) is 1. The average Bonchev–Trinajstić information content (AvgIpc) is 2.53. The number of benzene rings is 1. The molecular formula is C12H14BrN3O. The van der Waals surface area contributed by atoms with Crippen LogP contribution in [0.2, 0.25) is 0 Å². The van der Waals surface area contributed by atoms with E-state index in [9.17, 15) is 0 Å². The van der Waals surface area contributed by atoms with Gasteiger partial charge in [-0.1, -0.05) is 0 Å². The first-order valence-corrected chi connectivity index (χ1v) is 5.97. The van der Waals surface area contributed by atoms with Gasteiger partial charge in [0.25, 0.3) is 0 Å². The molecule has 0 aliphatic carbocycles. The van der Waals surface area contributed by atoms with Crippen LogP contribution in [-0.2, 0) is 7.05 Å². The molecule has 0 amide bonds. The molecule has 1 aromatic carbocycles. The Morgan fingerprint density at radius 2 is 2.12 bits per heavy atom. The number of aromatic nitrogens is 2. The molecule has 1 aromatic heterocycles. The Kier molecular flexibility index (Phi) is 3.11. The summed E-state index contributed by atoms with van der Waals surface area (Å²) in [4.78, 5) is 0. The Bertz CT molecular complexity index is 563. The van der Waals surface area contributed by atoms with Gasteiger partial charge >= 0.3 is 0 Å². The summed E-state index contributed by atoms with van der Waals surface area (Å²) in [5.41, 5.74) is 8.87. The van der Waals surface area contributed by atoms with E-state index in [0.29, 0.717) is 5.82 Å². The number of nitrogens with two attached hydrogens (primary N) is 1. The highest BCUT2D eigenvalue weighted by molar-refractivity contribution is 9.10. The third kappa shape index (κ3) is 2.02. The fourth-order valence-corrected chi connectivity index (χ4v) is 2.41. The maximum Gasteiger partial charge on any atom is 0.148 e. The SMILES string of the molecule is COc1ccc(-c2c(C)c(N)nn2C)cc1Br. The molecule has 5 heteroatoms. The number of rotatable bonds is 2. The summed E-state index contributed by atoms with van der Waals surface area (Å²) in [6.07, 6.45) is 0. The fraction of sp³-hybridized carbons (Fsp3) is 0.250. The molecule has 0 saturated carbocycles. The van der Waals surface area contributed by atoms with E-state index in [2.05, 4.69) is 21.0 Å². The Morgan fingerprint density at radius 3 is 2.59 bits per heavy atom. The third-order valence-corrected chi connectivity index (χ3v) is 3.37. The standard InChI is InChI=1S/C12H14BrN3O/c1-7-11(16(2)15-12(7)14)8-4-5-10(17-3)9(13)6-8/h4-6H,1-3H3,(H2,14,15). The molecule has 0 saturated heterocycles. The molecule has 1 heterocycles. The van der Waals surface area contributed by atoms with Gasteiger partial charge in [-0.3, -0.25) is 4.68 Å². The van der Waals surface area contributed by atoms with E-state index in [1.54, 1.807) is 11.8 Å². The average molecular weight is 296 g/mol. The van der Waals surface area contributed by atoms with E-state index in [-0.39, 0.29) is 0 Å². The summed E-state index contributed by atoms with van der Waals surface area (Å²) in [7, 11) is 3.53. The van der Waals surface area contributed by atoms with Crippen LogP contribution in [0.4, 0.5) is 5.82 Å². The van der Waals surface area contributed by atoms with E-state index >= 15 is 0 Å². The van der Waals surface area contributed by atoms with Crippen LogP contribution in [0.3, 0.4) is 0 Å². The lowest BCUT2D eigenvalue weighted by Gasteiger charge is -2.07. The Labute approximate surface area is 109 Å². The van der Waals surface area contributed by atoms with E-state index in [1.165, 1.54) is 0 Å². The van der Waals surface area contributed by atoms with E-state index < -0.39 is 0 Å². The first-order valence-electron chi connectivity index (χ1n) is 5.17. The van der Waals surface area contributed by atoms with Crippen LogP contribution in [0, 0.1) is 6.92 Å². The monoisotopic (exact) mass is 295 g/mol. The number of hydrogen-bond acceptors (Lipinski definition) is 3. The van der Waals surface area contributed by atoms with Crippen LogP contribution >= 0.6 is 15.9 Å². The van der Waals surface area contributed by atoms with Crippen molar-refractivity contribution in [3.63, 3.8) is 0 Å². The molecular weight excluding hydrogens is 282 g/mol. The van der Waals surface area contributed by atoms with Crippen molar-refractivity contribution in [3.8, 4) is 17.0 Å². The summed E-state index contributed by atoms with van der Waals surface area (Å²) in [6.45, 7) is 1.97. The van der Waals surface area contributed by atoms with Crippen LogP contribution in [0.5, 0.6) is 5.75 Å². The molecule has 2 rings (SSSR count). The molecule has 4 nitrogen and oxygen atoms in total. The van der Waals surface area contributed by atoms with Crippen molar-refractivity contribution in [2.24, 2.45) is 7.05 Å². The van der Waals surface area contributed by atoms with Crippen molar-refractivity contribution in [3.05, 3.63) is 28.2 Å². The molecule has 17 heavy (non-hydrogen) atoms. The highest BCUT2D eigenvalue weighted by atomic mass is 79.9. The second-order valence-electron chi connectivity index (χ2n) is 3.83. The van der Waals surface area contributed by atoms with Gasteiger partial charge in [0.05, 0.1) is 17.3 Å². The first-order chi connectivity index (χ1) is 8.04. The highest BCUT2D eigenvalue weighted by Gasteiger charge is 2.13. The predicted octanol–water partition coefficient (Wildman–Crippen LogP) is 2.75. The molecule has 90 valence electrons.